The van der Waals surface area contributed by atoms with Crippen LogP contribution in [0.4, 0.5) is 0 Å². The monoisotopic (exact) mass is 265 g/mol. The zero-order valence-corrected chi connectivity index (χ0v) is 12.0. The fourth-order valence-electron chi connectivity index (χ4n) is 2.23. The lowest BCUT2D eigenvalue weighted by Crippen LogP contribution is -2.15. The second-order valence-corrected chi connectivity index (χ2v) is 5.02. The van der Waals surface area contributed by atoms with Gasteiger partial charge in [0.15, 0.2) is 6.10 Å². The van der Waals surface area contributed by atoms with Crippen molar-refractivity contribution in [2.45, 2.75) is 32.8 Å². The van der Waals surface area contributed by atoms with E-state index >= 15 is 0 Å². The molecule has 0 aliphatic rings. The largest absolute Gasteiger partial charge is 0.476 e. The number of nitrogens with zero attached hydrogens (tertiary/aromatic N) is 1. The number of hydrogen-bond donors (Lipinski definition) is 0. The number of nitriles is 1. The molecule has 2 aromatic rings. The zero-order valence-electron chi connectivity index (χ0n) is 12.0. The Balaban J connectivity index is 1.96. The van der Waals surface area contributed by atoms with Crippen molar-refractivity contribution >= 4 is 0 Å². The number of rotatable bonds is 5. The summed E-state index contributed by atoms with van der Waals surface area (Å²) in [6.45, 7) is 4.20. The van der Waals surface area contributed by atoms with Gasteiger partial charge in [-0.2, -0.15) is 5.26 Å². The maximum absolute atomic E-state index is 9.20. The average molecular weight is 265 g/mol. The van der Waals surface area contributed by atoms with Gasteiger partial charge in [-0.25, -0.2) is 0 Å². The summed E-state index contributed by atoms with van der Waals surface area (Å²) in [6, 6.07) is 18.2. The summed E-state index contributed by atoms with van der Waals surface area (Å²) in [7, 11) is 0. The molecule has 102 valence electrons. The molecule has 20 heavy (non-hydrogen) atoms. The lowest BCUT2D eigenvalue weighted by Gasteiger charge is -2.13. The molecule has 0 amide bonds. The Morgan fingerprint density at radius 3 is 2.50 bits per heavy atom. The minimum absolute atomic E-state index is 0.405. The maximum Gasteiger partial charge on any atom is 0.184 e. The third-order valence-electron chi connectivity index (χ3n) is 3.34. The molecule has 2 heteroatoms. The van der Waals surface area contributed by atoms with E-state index in [1.165, 1.54) is 16.7 Å². The van der Waals surface area contributed by atoms with Crippen LogP contribution < -0.4 is 4.74 Å². The van der Waals surface area contributed by atoms with E-state index in [4.69, 9.17) is 4.74 Å². The van der Waals surface area contributed by atoms with Crippen LogP contribution in [-0.4, -0.2) is 6.10 Å². The lowest BCUT2D eigenvalue weighted by molar-refractivity contribution is 0.245. The molecule has 0 fully saturated rings. The minimum Gasteiger partial charge on any atom is -0.476 e. The van der Waals surface area contributed by atoms with Crippen molar-refractivity contribution in [1.82, 2.24) is 0 Å². The van der Waals surface area contributed by atoms with E-state index in [9.17, 15) is 5.26 Å². The van der Waals surface area contributed by atoms with Gasteiger partial charge in [0.25, 0.3) is 0 Å². The summed E-state index contributed by atoms with van der Waals surface area (Å²) in [5.41, 5.74) is 3.83. The Kier molecular flexibility index (Phi) is 4.79. The molecule has 0 saturated carbocycles. The number of para-hydroxylation sites is 1. The van der Waals surface area contributed by atoms with E-state index in [1.54, 1.807) is 0 Å². The van der Waals surface area contributed by atoms with Gasteiger partial charge >= 0.3 is 0 Å². The number of aryl methyl sites for hydroxylation is 3. The van der Waals surface area contributed by atoms with E-state index in [2.05, 4.69) is 38.1 Å². The SMILES string of the molecule is Cc1ccc(CCC(C#N)Oc2ccccc2)c(C)c1. The average Bonchev–Trinajstić information content (AvgIpc) is 2.46. The molecule has 0 aromatic heterocycles. The summed E-state index contributed by atoms with van der Waals surface area (Å²) >= 11 is 0. The number of hydrogen-bond acceptors (Lipinski definition) is 2. The fourth-order valence-corrected chi connectivity index (χ4v) is 2.23. The van der Waals surface area contributed by atoms with E-state index in [0.29, 0.717) is 6.42 Å². The van der Waals surface area contributed by atoms with Crippen molar-refractivity contribution in [1.29, 1.82) is 5.26 Å². The molecule has 0 aliphatic carbocycles. The van der Waals surface area contributed by atoms with Crippen LogP contribution in [0.15, 0.2) is 48.5 Å². The third kappa shape index (κ3) is 3.86. The summed E-state index contributed by atoms with van der Waals surface area (Å²) in [5.74, 6) is 0.750. The van der Waals surface area contributed by atoms with Gasteiger partial charge in [0.05, 0.1) is 0 Å². The van der Waals surface area contributed by atoms with Crippen molar-refractivity contribution in [3.05, 3.63) is 65.2 Å². The first-order valence-electron chi connectivity index (χ1n) is 6.86. The van der Waals surface area contributed by atoms with Crippen LogP contribution in [-0.2, 0) is 6.42 Å². The molecule has 0 bridgehead atoms. The highest BCUT2D eigenvalue weighted by atomic mass is 16.5. The predicted molar refractivity (Wildman–Crippen MR) is 80.7 cm³/mol. The molecular weight excluding hydrogens is 246 g/mol. The molecule has 1 unspecified atom stereocenters. The van der Waals surface area contributed by atoms with Crippen LogP contribution >= 0.6 is 0 Å². The second-order valence-electron chi connectivity index (χ2n) is 5.02. The summed E-state index contributed by atoms with van der Waals surface area (Å²) in [5, 5.41) is 9.20. The van der Waals surface area contributed by atoms with Crippen LogP contribution in [0.2, 0.25) is 0 Å². The number of benzene rings is 2. The fraction of sp³-hybridized carbons (Fsp3) is 0.278. The van der Waals surface area contributed by atoms with E-state index in [-0.39, 0.29) is 0 Å². The molecule has 1 atom stereocenters. The van der Waals surface area contributed by atoms with E-state index in [0.717, 1.165) is 12.2 Å². The van der Waals surface area contributed by atoms with Gasteiger partial charge in [-0.3, -0.25) is 0 Å². The summed E-state index contributed by atoms with van der Waals surface area (Å²) < 4.78 is 5.69. The van der Waals surface area contributed by atoms with Crippen LogP contribution in [0.25, 0.3) is 0 Å². The van der Waals surface area contributed by atoms with Crippen LogP contribution in [0.1, 0.15) is 23.1 Å². The Morgan fingerprint density at radius 2 is 1.85 bits per heavy atom. The summed E-state index contributed by atoms with van der Waals surface area (Å²) in [4.78, 5) is 0. The van der Waals surface area contributed by atoms with Gasteiger partial charge in [-0.15, -0.1) is 0 Å². The van der Waals surface area contributed by atoms with Crippen LogP contribution in [0, 0.1) is 25.2 Å². The number of ether oxygens (including phenoxy) is 1. The van der Waals surface area contributed by atoms with Gasteiger partial charge in [0.2, 0.25) is 0 Å². The topological polar surface area (TPSA) is 33.0 Å². The van der Waals surface area contributed by atoms with Gasteiger partial charge in [0.1, 0.15) is 11.8 Å². The zero-order chi connectivity index (χ0) is 14.4. The molecule has 2 rings (SSSR count). The summed E-state index contributed by atoms with van der Waals surface area (Å²) in [6.07, 6.45) is 1.16. The molecule has 0 heterocycles. The highest BCUT2D eigenvalue weighted by Crippen LogP contribution is 2.16. The first-order chi connectivity index (χ1) is 9.69. The Bertz CT molecular complexity index is 599. The molecule has 2 nitrogen and oxygen atoms in total. The standard InChI is InChI=1S/C18H19NO/c1-14-8-9-16(15(2)12-14)10-11-18(13-19)20-17-6-4-3-5-7-17/h3-9,12,18H,10-11H2,1-2H3. The first kappa shape index (κ1) is 14.1. The van der Waals surface area contributed by atoms with Gasteiger partial charge in [0, 0.05) is 6.42 Å². The van der Waals surface area contributed by atoms with E-state index < -0.39 is 6.10 Å². The normalized spacial score (nSPS) is 11.7. The Hall–Kier alpha value is -2.27. The van der Waals surface area contributed by atoms with Crippen molar-refractivity contribution in [2.75, 3.05) is 0 Å². The quantitative estimate of drug-likeness (QED) is 0.811. The maximum atomic E-state index is 9.20. The third-order valence-corrected chi connectivity index (χ3v) is 3.34. The molecule has 0 N–H and O–H groups in total. The van der Waals surface area contributed by atoms with E-state index in [1.807, 2.05) is 30.3 Å². The van der Waals surface area contributed by atoms with Gasteiger partial charge < -0.3 is 4.74 Å². The van der Waals surface area contributed by atoms with Gasteiger partial charge in [-0.05, 0) is 43.5 Å². The smallest absolute Gasteiger partial charge is 0.184 e. The molecular formula is C18H19NO. The molecule has 0 spiro atoms. The first-order valence-corrected chi connectivity index (χ1v) is 6.86. The second kappa shape index (κ2) is 6.77. The Morgan fingerprint density at radius 1 is 1.10 bits per heavy atom. The van der Waals surface area contributed by atoms with Crippen molar-refractivity contribution in [3.8, 4) is 11.8 Å². The molecule has 0 aliphatic heterocycles. The van der Waals surface area contributed by atoms with Crippen molar-refractivity contribution in [2.24, 2.45) is 0 Å². The van der Waals surface area contributed by atoms with Crippen LogP contribution in [0.3, 0.4) is 0 Å². The predicted octanol–water partition coefficient (Wildman–Crippen LogP) is 4.21. The van der Waals surface area contributed by atoms with Crippen molar-refractivity contribution < 1.29 is 4.74 Å². The molecule has 0 radical (unpaired) electrons. The highest BCUT2D eigenvalue weighted by Gasteiger charge is 2.10. The Labute approximate surface area is 120 Å². The molecule has 2 aromatic carbocycles. The molecule has 0 saturated heterocycles. The van der Waals surface area contributed by atoms with Gasteiger partial charge in [-0.1, -0.05) is 42.0 Å². The van der Waals surface area contributed by atoms with Crippen LogP contribution in [0.5, 0.6) is 5.75 Å². The highest BCUT2D eigenvalue weighted by molar-refractivity contribution is 5.30. The lowest BCUT2D eigenvalue weighted by atomic mass is 10.0. The van der Waals surface area contributed by atoms with Crippen molar-refractivity contribution in [3.63, 3.8) is 0 Å². The minimum atomic E-state index is -0.405.